The molecule has 0 saturated carbocycles. The summed E-state index contributed by atoms with van der Waals surface area (Å²) < 4.78 is 5.27. The van der Waals surface area contributed by atoms with Crippen LogP contribution in [0, 0.1) is 13.8 Å². The van der Waals surface area contributed by atoms with Gasteiger partial charge in [-0.05, 0) is 31.0 Å². The molecule has 0 unspecified atom stereocenters. The zero-order chi connectivity index (χ0) is 12.6. The molecular weight excluding hydrogens is 240 g/mol. The van der Waals surface area contributed by atoms with Crippen molar-refractivity contribution in [1.29, 1.82) is 0 Å². The van der Waals surface area contributed by atoms with Gasteiger partial charge < -0.3 is 9.52 Å². The van der Waals surface area contributed by atoms with E-state index in [1.54, 1.807) is 0 Å². The first kappa shape index (κ1) is 11.7. The van der Waals surface area contributed by atoms with E-state index < -0.39 is 5.97 Å². The van der Waals surface area contributed by atoms with Crippen molar-refractivity contribution >= 4 is 17.6 Å². The third-order valence-electron chi connectivity index (χ3n) is 2.56. The maximum absolute atomic E-state index is 11.1. The number of carboxylic acids is 1. The van der Waals surface area contributed by atoms with Gasteiger partial charge in [0.1, 0.15) is 5.56 Å². The van der Waals surface area contributed by atoms with Crippen molar-refractivity contribution in [3.63, 3.8) is 0 Å². The average molecular weight is 251 g/mol. The molecule has 1 heterocycles. The fourth-order valence-corrected chi connectivity index (χ4v) is 1.97. The lowest BCUT2D eigenvalue weighted by Gasteiger charge is -2.05. The molecule has 2 aromatic rings. The minimum absolute atomic E-state index is 0.0809. The van der Waals surface area contributed by atoms with Crippen molar-refractivity contribution in [2.24, 2.45) is 0 Å². The lowest BCUT2D eigenvalue weighted by Crippen LogP contribution is -1.96. The Bertz CT molecular complexity index is 584. The summed E-state index contributed by atoms with van der Waals surface area (Å²) in [7, 11) is 0. The van der Waals surface area contributed by atoms with Crippen LogP contribution in [0.15, 0.2) is 28.7 Å². The highest BCUT2D eigenvalue weighted by atomic mass is 35.5. The van der Waals surface area contributed by atoms with Crippen LogP contribution >= 0.6 is 11.6 Å². The molecule has 0 fully saturated rings. The van der Waals surface area contributed by atoms with Crippen LogP contribution in [0.1, 0.15) is 21.5 Å². The number of benzene rings is 1. The number of furan rings is 1. The number of hydrogen-bond acceptors (Lipinski definition) is 2. The van der Waals surface area contributed by atoms with Gasteiger partial charge in [0.05, 0.1) is 0 Å². The standard InChI is InChI=1S/C13H11ClO3/c1-7-3-4-9(8(2)5-7)12-10(13(15)16)6-11(14)17-12/h3-6H,1-2H3,(H,15,16). The van der Waals surface area contributed by atoms with Gasteiger partial charge in [-0.1, -0.05) is 23.8 Å². The van der Waals surface area contributed by atoms with Gasteiger partial charge in [-0.25, -0.2) is 4.79 Å². The second-order valence-electron chi connectivity index (χ2n) is 3.92. The molecular formula is C13H11ClO3. The molecule has 1 N–H and O–H groups in total. The van der Waals surface area contributed by atoms with Crippen LogP contribution < -0.4 is 0 Å². The number of aromatic carboxylic acids is 1. The van der Waals surface area contributed by atoms with Gasteiger partial charge in [-0.15, -0.1) is 0 Å². The van der Waals surface area contributed by atoms with Crippen LogP contribution in [0.4, 0.5) is 0 Å². The molecule has 0 saturated heterocycles. The Balaban J connectivity index is 2.63. The molecule has 2 rings (SSSR count). The third-order valence-corrected chi connectivity index (χ3v) is 2.75. The smallest absolute Gasteiger partial charge is 0.339 e. The van der Waals surface area contributed by atoms with E-state index >= 15 is 0 Å². The maximum atomic E-state index is 11.1. The van der Waals surface area contributed by atoms with Crippen LogP contribution in [-0.4, -0.2) is 11.1 Å². The van der Waals surface area contributed by atoms with E-state index in [0.717, 1.165) is 16.7 Å². The van der Waals surface area contributed by atoms with E-state index in [9.17, 15) is 4.79 Å². The van der Waals surface area contributed by atoms with Crippen LogP contribution in [0.5, 0.6) is 0 Å². The zero-order valence-corrected chi connectivity index (χ0v) is 10.2. The summed E-state index contributed by atoms with van der Waals surface area (Å²) in [6.07, 6.45) is 0. The van der Waals surface area contributed by atoms with Gasteiger partial charge in [0.2, 0.25) is 0 Å². The highest BCUT2D eigenvalue weighted by Crippen LogP contribution is 2.32. The predicted octanol–water partition coefficient (Wildman–Crippen LogP) is 3.92. The Labute approximate surface area is 104 Å². The van der Waals surface area contributed by atoms with E-state index in [4.69, 9.17) is 21.1 Å². The largest absolute Gasteiger partial charge is 0.478 e. The Morgan fingerprint density at radius 1 is 1.29 bits per heavy atom. The lowest BCUT2D eigenvalue weighted by atomic mass is 10.0. The molecule has 4 heteroatoms. The molecule has 88 valence electrons. The molecule has 0 aliphatic heterocycles. The van der Waals surface area contributed by atoms with Gasteiger partial charge in [-0.2, -0.15) is 0 Å². The second-order valence-corrected chi connectivity index (χ2v) is 4.29. The second kappa shape index (κ2) is 4.26. The summed E-state index contributed by atoms with van der Waals surface area (Å²) in [6, 6.07) is 7.03. The highest BCUT2D eigenvalue weighted by Gasteiger charge is 2.19. The van der Waals surface area contributed by atoms with Crippen molar-refractivity contribution in [3.8, 4) is 11.3 Å². The van der Waals surface area contributed by atoms with Gasteiger partial charge >= 0.3 is 5.97 Å². The highest BCUT2D eigenvalue weighted by molar-refractivity contribution is 6.29. The number of carboxylic acid groups (broad SMARTS) is 1. The zero-order valence-electron chi connectivity index (χ0n) is 9.45. The van der Waals surface area contributed by atoms with E-state index in [2.05, 4.69) is 0 Å². The van der Waals surface area contributed by atoms with Gasteiger partial charge in [0.25, 0.3) is 0 Å². The summed E-state index contributed by atoms with van der Waals surface area (Å²) in [5.74, 6) is -0.740. The molecule has 1 aromatic heterocycles. The van der Waals surface area contributed by atoms with Gasteiger partial charge in [-0.3, -0.25) is 0 Å². The Kier molecular flexibility index (Phi) is 2.94. The first-order valence-corrected chi connectivity index (χ1v) is 5.47. The SMILES string of the molecule is Cc1ccc(-c2oc(Cl)cc2C(=O)O)c(C)c1. The molecule has 0 spiro atoms. The monoisotopic (exact) mass is 250 g/mol. The molecule has 0 radical (unpaired) electrons. The molecule has 17 heavy (non-hydrogen) atoms. The third kappa shape index (κ3) is 2.19. The minimum Gasteiger partial charge on any atom is -0.478 e. The fraction of sp³-hybridized carbons (Fsp3) is 0.154. The number of aryl methyl sites for hydroxylation is 2. The summed E-state index contributed by atoms with van der Waals surface area (Å²) in [4.78, 5) is 11.1. The Morgan fingerprint density at radius 2 is 2.00 bits per heavy atom. The maximum Gasteiger partial charge on any atom is 0.339 e. The van der Waals surface area contributed by atoms with E-state index in [1.807, 2.05) is 32.0 Å². The molecule has 0 aliphatic rings. The average Bonchev–Trinajstić information content (AvgIpc) is 2.60. The summed E-state index contributed by atoms with van der Waals surface area (Å²) >= 11 is 5.71. The summed E-state index contributed by atoms with van der Waals surface area (Å²) in [5.41, 5.74) is 2.90. The van der Waals surface area contributed by atoms with Crippen molar-refractivity contribution in [2.75, 3.05) is 0 Å². The molecule has 0 bridgehead atoms. The van der Waals surface area contributed by atoms with Crippen molar-refractivity contribution < 1.29 is 14.3 Å². The van der Waals surface area contributed by atoms with Crippen molar-refractivity contribution in [1.82, 2.24) is 0 Å². The topological polar surface area (TPSA) is 50.4 Å². The number of carbonyl (C=O) groups is 1. The number of rotatable bonds is 2. The van der Waals surface area contributed by atoms with E-state index in [0.29, 0.717) is 5.76 Å². The van der Waals surface area contributed by atoms with Crippen LogP contribution in [0.2, 0.25) is 5.22 Å². The van der Waals surface area contributed by atoms with E-state index in [-0.39, 0.29) is 10.8 Å². The first-order valence-electron chi connectivity index (χ1n) is 5.09. The van der Waals surface area contributed by atoms with Gasteiger partial charge in [0.15, 0.2) is 11.0 Å². The lowest BCUT2D eigenvalue weighted by molar-refractivity contribution is 0.0697. The van der Waals surface area contributed by atoms with Gasteiger partial charge in [0, 0.05) is 11.6 Å². The minimum atomic E-state index is -1.05. The van der Waals surface area contributed by atoms with Crippen molar-refractivity contribution in [2.45, 2.75) is 13.8 Å². The quantitative estimate of drug-likeness (QED) is 0.879. The first-order chi connectivity index (χ1) is 7.99. The molecule has 3 nitrogen and oxygen atoms in total. The summed E-state index contributed by atoms with van der Waals surface area (Å²) in [5, 5.41) is 9.15. The molecule has 0 atom stereocenters. The predicted molar refractivity (Wildman–Crippen MR) is 65.6 cm³/mol. The Hall–Kier alpha value is -1.74. The van der Waals surface area contributed by atoms with Crippen LogP contribution in [0.3, 0.4) is 0 Å². The normalized spacial score (nSPS) is 10.5. The molecule has 0 aliphatic carbocycles. The summed E-state index contributed by atoms with van der Waals surface area (Å²) in [6.45, 7) is 3.88. The number of hydrogen-bond donors (Lipinski definition) is 1. The van der Waals surface area contributed by atoms with Crippen LogP contribution in [0.25, 0.3) is 11.3 Å². The Morgan fingerprint density at radius 3 is 2.59 bits per heavy atom. The number of halogens is 1. The van der Waals surface area contributed by atoms with E-state index in [1.165, 1.54) is 6.07 Å². The van der Waals surface area contributed by atoms with Crippen molar-refractivity contribution in [3.05, 3.63) is 46.2 Å². The van der Waals surface area contributed by atoms with Crippen LogP contribution in [-0.2, 0) is 0 Å². The molecule has 1 aromatic carbocycles. The molecule has 0 amide bonds. The fourth-order valence-electron chi connectivity index (χ4n) is 1.79.